The van der Waals surface area contributed by atoms with Gasteiger partial charge in [0.25, 0.3) is 0 Å². The van der Waals surface area contributed by atoms with Crippen molar-refractivity contribution in [2.75, 3.05) is 18.5 Å². The van der Waals surface area contributed by atoms with E-state index in [0.29, 0.717) is 11.0 Å². The average Bonchev–Trinajstić information content (AvgIpc) is 2.93. The number of aliphatic hydroxyl groups is 1. The average molecular weight is 447 g/mol. The van der Waals surface area contributed by atoms with Crippen LogP contribution in [0.1, 0.15) is 46.3 Å². The number of nitrogens with one attached hydrogen (secondary N) is 1. The lowest BCUT2D eigenvalue weighted by Gasteiger charge is -2.21. The van der Waals surface area contributed by atoms with Gasteiger partial charge in [-0.25, -0.2) is 9.59 Å². The molecule has 1 saturated heterocycles. The molecule has 0 saturated carbocycles. The van der Waals surface area contributed by atoms with E-state index in [-0.39, 0.29) is 12.4 Å². The molecule has 0 radical (unpaired) electrons. The van der Waals surface area contributed by atoms with Gasteiger partial charge in [-0.2, -0.15) is 13.8 Å². The van der Waals surface area contributed by atoms with Crippen molar-refractivity contribution in [2.45, 2.75) is 64.4 Å². The Bertz CT molecular complexity index is 831. The second-order valence-corrected chi connectivity index (χ2v) is 7.40. The van der Waals surface area contributed by atoms with Gasteiger partial charge in [-0.05, 0) is 12.5 Å². The van der Waals surface area contributed by atoms with Crippen molar-refractivity contribution in [3.05, 3.63) is 22.7 Å². The van der Waals surface area contributed by atoms with Gasteiger partial charge in [0.05, 0.1) is 12.5 Å². The highest BCUT2D eigenvalue weighted by Crippen LogP contribution is 2.42. The second-order valence-electron chi connectivity index (χ2n) is 7.40. The maximum atomic E-state index is 14.5. The van der Waals surface area contributed by atoms with Crippen LogP contribution in [-0.4, -0.2) is 58.1 Å². The first kappa shape index (κ1) is 24.7. The fourth-order valence-electron chi connectivity index (χ4n) is 2.76. The smallest absolute Gasteiger partial charge is 0.412 e. The molecule has 0 unspecified atom stereocenters. The molecule has 1 aromatic rings. The number of amides is 1. The third kappa shape index (κ3) is 6.20. The minimum absolute atomic E-state index is 0.189. The van der Waals surface area contributed by atoms with Gasteiger partial charge in [0, 0.05) is 6.20 Å². The number of anilines is 1. The standard InChI is InChI=1S/C19H27F2N3O7/c1-4-5-6-9-29-18(28)23-13-7-8-24(17(27)22-13)16-19(20,21)14(25)12(31-16)10-30-15(26)11(2)3/h7-8,11-12,14,16,25H,4-6,9-10H2,1-3H3,(H,22,23,27,28)/t12-,14-,16-/m1/s1. The number of ether oxygens (including phenoxy) is 3. The Balaban J connectivity index is 2.05. The van der Waals surface area contributed by atoms with Gasteiger partial charge in [-0.3, -0.25) is 14.7 Å². The highest BCUT2D eigenvalue weighted by molar-refractivity contribution is 5.83. The molecule has 10 nitrogen and oxygen atoms in total. The van der Waals surface area contributed by atoms with Crippen molar-refractivity contribution in [1.29, 1.82) is 0 Å². The molecule has 2 rings (SSSR count). The number of hydrogen-bond acceptors (Lipinski definition) is 8. The van der Waals surface area contributed by atoms with Crippen LogP contribution in [0, 0.1) is 5.92 Å². The van der Waals surface area contributed by atoms with E-state index >= 15 is 0 Å². The maximum Gasteiger partial charge on any atom is 0.412 e. The van der Waals surface area contributed by atoms with E-state index in [2.05, 4.69) is 10.3 Å². The molecule has 0 aliphatic carbocycles. The molecular formula is C19H27F2N3O7. The van der Waals surface area contributed by atoms with Crippen molar-refractivity contribution in [3.8, 4) is 0 Å². The fraction of sp³-hybridized carbons (Fsp3) is 0.684. The van der Waals surface area contributed by atoms with Gasteiger partial charge in [0.2, 0.25) is 6.23 Å². The van der Waals surface area contributed by atoms with Crippen LogP contribution in [0.5, 0.6) is 0 Å². The molecule has 1 amide bonds. The Morgan fingerprint density at radius 1 is 1.35 bits per heavy atom. The highest BCUT2D eigenvalue weighted by atomic mass is 19.3. The molecule has 1 fully saturated rings. The van der Waals surface area contributed by atoms with Crippen LogP contribution in [0.25, 0.3) is 0 Å². The summed E-state index contributed by atoms with van der Waals surface area (Å²) in [5, 5.41) is 12.1. The second kappa shape index (κ2) is 10.6. The van der Waals surface area contributed by atoms with E-state index in [0.717, 1.165) is 25.1 Å². The number of carbonyl (C=O) groups excluding carboxylic acids is 2. The molecule has 174 valence electrons. The van der Waals surface area contributed by atoms with Gasteiger partial charge < -0.3 is 19.3 Å². The third-order valence-corrected chi connectivity index (χ3v) is 4.53. The maximum absolute atomic E-state index is 14.5. The molecular weight excluding hydrogens is 420 g/mol. The van der Waals surface area contributed by atoms with Crippen molar-refractivity contribution in [1.82, 2.24) is 9.55 Å². The van der Waals surface area contributed by atoms with Crippen LogP contribution in [-0.2, 0) is 19.0 Å². The summed E-state index contributed by atoms with van der Waals surface area (Å²) >= 11 is 0. The summed E-state index contributed by atoms with van der Waals surface area (Å²) in [6.07, 6.45) is -3.36. The Hall–Kier alpha value is -2.60. The van der Waals surface area contributed by atoms with E-state index < -0.39 is 54.6 Å². The summed E-state index contributed by atoms with van der Waals surface area (Å²) in [6, 6.07) is 1.12. The number of aliphatic hydroxyl groups excluding tert-OH is 1. The predicted molar refractivity (Wildman–Crippen MR) is 104 cm³/mol. The Morgan fingerprint density at radius 2 is 2.06 bits per heavy atom. The van der Waals surface area contributed by atoms with Crippen molar-refractivity contribution in [3.63, 3.8) is 0 Å². The lowest BCUT2D eigenvalue weighted by atomic mass is 10.1. The summed E-state index contributed by atoms with van der Waals surface area (Å²) in [5.74, 6) is -5.17. The molecule has 2 N–H and O–H groups in total. The molecule has 3 atom stereocenters. The van der Waals surface area contributed by atoms with Gasteiger partial charge in [0.1, 0.15) is 18.5 Å². The molecule has 31 heavy (non-hydrogen) atoms. The number of aromatic nitrogens is 2. The minimum Gasteiger partial charge on any atom is -0.463 e. The highest BCUT2D eigenvalue weighted by Gasteiger charge is 2.60. The minimum atomic E-state index is -3.85. The molecule has 1 aromatic heterocycles. The first-order valence-corrected chi connectivity index (χ1v) is 9.98. The quantitative estimate of drug-likeness (QED) is 0.435. The van der Waals surface area contributed by atoms with E-state index in [1.807, 2.05) is 6.92 Å². The number of esters is 1. The Morgan fingerprint density at radius 3 is 2.68 bits per heavy atom. The number of unbranched alkanes of at least 4 members (excludes halogenated alkanes) is 2. The zero-order valence-corrected chi connectivity index (χ0v) is 17.5. The number of nitrogens with zero attached hydrogens (tertiary/aromatic N) is 2. The lowest BCUT2D eigenvalue weighted by Crippen LogP contribution is -2.42. The first-order valence-electron chi connectivity index (χ1n) is 9.98. The van der Waals surface area contributed by atoms with Gasteiger partial charge in [-0.15, -0.1) is 0 Å². The normalized spacial score (nSPS) is 22.4. The molecule has 1 aliphatic heterocycles. The number of rotatable bonds is 9. The van der Waals surface area contributed by atoms with Crippen molar-refractivity contribution < 1.29 is 37.7 Å². The van der Waals surface area contributed by atoms with Crippen LogP contribution in [0.3, 0.4) is 0 Å². The van der Waals surface area contributed by atoms with E-state index in [9.17, 15) is 28.3 Å². The summed E-state index contributed by atoms with van der Waals surface area (Å²) in [4.78, 5) is 39.0. The molecule has 1 aliphatic rings. The zero-order chi connectivity index (χ0) is 23.2. The van der Waals surface area contributed by atoms with E-state index in [4.69, 9.17) is 14.2 Å². The fourth-order valence-corrected chi connectivity index (χ4v) is 2.76. The molecule has 0 bridgehead atoms. The number of carbonyl (C=O) groups is 2. The number of alkyl halides is 2. The zero-order valence-electron chi connectivity index (χ0n) is 17.5. The molecule has 12 heteroatoms. The predicted octanol–water partition coefficient (Wildman–Crippen LogP) is 2.07. The van der Waals surface area contributed by atoms with Gasteiger partial charge in [0.15, 0.2) is 6.10 Å². The molecule has 2 heterocycles. The summed E-state index contributed by atoms with van der Waals surface area (Å²) in [5.41, 5.74) is -1.14. The van der Waals surface area contributed by atoms with Crippen LogP contribution in [0.15, 0.2) is 17.1 Å². The third-order valence-electron chi connectivity index (χ3n) is 4.53. The van der Waals surface area contributed by atoms with Crippen molar-refractivity contribution in [2.24, 2.45) is 5.92 Å². The monoisotopic (exact) mass is 447 g/mol. The van der Waals surface area contributed by atoms with Crippen LogP contribution >= 0.6 is 0 Å². The first-order chi connectivity index (χ1) is 14.6. The number of halogens is 2. The van der Waals surface area contributed by atoms with Gasteiger partial charge in [-0.1, -0.05) is 33.6 Å². The van der Waals surface area contributed by atoms with Crippen molar-refractivity contribution >= 4 is 17.9 Å². The number of hydrogen-bond donors (Lipinski definition) is 2. The molecule has 0 aromatic carbocycles. The SMILES string of the molecule is CCCCCOC(=O)Nc1ccn([C@@H]2O[C@H](COC(=O)C(C)C)[C@@H](O)C2(F)F)c(=O)n1. The van der Waals surface area contributed by atoms with E-state index in [1.165, 1.54) is 0 Å². The molecule has 0 spiro atoms. The van der Waals surface area contributed by atoms with Crippen LogP contribution in [0.4, 0.5) is 19.4 Å². The summed E-state index contributed by atoms with van der Waals surface area (Å²) < 4.78 is 44.4. The van der Waals surface area contributed by atoms with Gasteiger partial charge >= 0.3 is 23.7 Å². The Labute approximate surface area is 177 Å². The largest absolute Gasteiger partial charge is 0.463 e. The van der Waals surface area contributed by atoms with Crippen LogP contribution < -0.4 is 11.0 Å². The summed E-state index contributed by atoms with van der Waals surface area (Å²) in [7, 11) is 0. The lowest BCUT2D eigenvalue weighted by molar-refractivity contribution is -0.154. The topological polar surface area (TPSA) is 129 Å². The van der Waals surface area contributed by atoms with Crippen LogP contribution in [0.2, 0.25) is 0 Å². The Kier molecular flexibility index (Phi) is 8.45. The van der Waals surface area contributed by atoms with E-state index in [1.54, 1.807) is 13.8 Å². The summed E-state index contributed by atoms with van der Waals surface area (Å²) in [6.45, 7) is 4.71.